The number of fused-ring (bicyclic) bond motifs is 1. The van der Waals surface area contributed by atoms with Crippen molar-refractivity contribution >= 4 is 77.5 Å². The van der Waals surface area contributed by atoms with Crippen LogP contribution in [-0.4, -0.2) is 81.1 Å². The molecule has 0 bridgehead atoms. The maximum atomic E-state index is 13.7. The number of nitrogens with zero attached hydrogens (tertiary/aromatic N) is 1. The number of aliphatic hydroxyl groups is 1. The Kier molecular flexibility index (Phi) is 10.3. The van der Waals surface area contributed by atoms with Gasteiger partial charge in [-0.25, -0.2) is 12.8 Å². The number of benzene rings is 3. The second kappa shape index (κ2) is 13.2. The number of aryl methyl sites for hydroxylation is 1. The van der Waals surface area contributed by atoms with Gasteiger partial charge in [-0.15, -0.1) is 5.11 Å². The van der Waals surface area contributed by atoms with Crippen molar-refractivity contribution in [3.63, 3.8) is 0 Å². The number of halogens is 5. The Morgan fingerprint density at radius 3 is 2.17 bits per heavy atom. The van der Waals surface area contributed by atoms with Gasteiger partial charge in [0.25, 0.3) is 5.91 Å². The third-order valence-corrected chi connectivity index (χ3v) is 11.9. The van der Waals surface area contributed by atoms with E-state index in [-0.39, 0.29) is 34.0 Å². The van der Waals surface area contributed by atoms with E-state index in [1.807, 2.05) is 23.5 Å². The molecule has 0 fully saturated rings. The molecule has 1 aromatic heterocycles. The predicted octanol–water partition coefficient (Wildman–Crippen LogP) is 1.00. The molecule has 4 aromatic rings. The molecule has 17 heteroatoms. The zero-order valence-electron chi connectivity index (χ0n) is 26.2. The summed E-state index contributed by atoms with van der Waals surface area (Å²) < 4.78 is 82.0. The number of hydrogen-bond donors (Lipinski definition) is 2. The summed E-state index contributed by atoms with van der Waals surface area (Å²) in [4.78, 5) is 13.4. The van der Waals surface area contributed by atoms with Crippen LogP contribution in [0.1, 0.15) is 38.8 Å². The van der Waals surface area contributed by atoms with Gasteiger partial charge in [-0.05, 0) is 59.7 Å². The number of aromatic nitrogens is 1. The lowest BCUT2D eigenvalue weighted by atomic mass is 9.30. The van der Waals surface area contributed by atoms with Crippen LogP contribution in [0.25, 0.3) is 10.9 Å². The summed E-state index contributed by atoms with van der Waals surface area (Å²) in [7, 11) is 5.21. The second-order valence-electron chi connectivity index (χ2n) is 12.8. The molecule has 0 spiro atoms. The minimum atomic E-state index is -4.64. The van der Waals surface area contributed by atoms with Crippen LogP contribution < -0.4 is 5.32 Å². The van der Waals surface area contributed by atoms with Crippen molar-refractivity contribution in [3.05, 3.63) is 99.7 Å². The van der Waals surface area contributed by atoms with Gasteiger partial charge < -0.3 is 15.0 Å². The van der Waals surface area contributed by atoms with E-state index >= 15 is 0 Å². The first-order valence-corrected chi connectivity index (χ1v) is 16.5. The molecule has 3 aromatic carbocycles. The quantitative estimate of drug-likeness (QED) is 0.184. The van der Waals surface area contributed by atoms with Gasteiger partial charge in [0.15, 0.2) is 9.84 Å². The molecule has 0 saturated carbocycles. The van der Waals surface area contributed by atoms with E-state index in [0.29, 0.717) is 22.2 Å². The molecule has 0 aliphatic heterocycles. The summed E-state index contributed by atoms with van der Waals surface area (Å²) in [5, 5.41) is 12.8. The van der Waals surface area contributed by atoms with Crippen molar-refractivity contribution in [3.8, 4) is 0 Å². The molecule has 1 amide bonds. The largest absolute Gasteiger partial charge is 0.416 e. The van der Waals surface area contributed by atoms with Crippen LogP contribution >= 0.6 is 11.6 Å². The maximum Gasteiger partial charge on any atom is 0.416 e. The van der Waals surface area contributed by atoms with Crippen LogP contribution in [0.4, 0.5) is 17.6 Å². The molecular formula is C29H32B5ClF4N2O4S. The fourth-order valence-electron chi connectivity index (χ4n) is 5.18. The number of aliphatic hydroxyl groups excluding tert-OH is 1. The lowest BCUT2D eigenvalue weighted by Gasteiger charge is -2.39. The van der Waals surface area contributed by atoms with Crippen molar-refractivity contribution in [1.29, 1.82) is 0 Å². The summed E-state index contributed by atoms with van der Waals surface area (Å²) >= 11 is 5.83. The number of carbonyl (C=O) groups excluding carboxylic acids is 1. The maximum absolute atomic E-state index is 13.7. The van der Waals surface area contributed by atoms with E-state index in [0.717, 1.165) is 6.07 Å². The van der Waals surface area contributed by atoms with E-state index < -0.39 is 56.5 Å². The molecular weight excluding hydrogens is 638 g/mol. The third kappa shape index (κ3) is 7.09. The highest BCUT2D eigenvalue weighted by Crippen LogP contribution is 2.37. The van der Waals surface area contributed by atoms with Crippen molar-refractivity contribution in [1.82, 2.24) is 9.88 Å². The van der Waals surface area contributed by atoms with Crippen LogP contribution in [0.5, 0.6) is 0 Å². The number of amides is 1. The van der Waals surface area contributed by atoms with Gasteiger partial charge in [-0.2, -0.15) is 13.2 Å². The first-order valence-electron chi connectivity index (χ1n) is 14.6. The Morgan fingerprint density at radius 1 is 0.957 bits per heavy atom. The average molecular weight is 670 g/mol. The summed E-state index contributed by atoms with van der Waals surface area (Å²) in [5.41, 5.74) is 0.768. The van der Waals surface area contributed by atoms with Crippen LogP contribution in [0.2, 0.25) is 10.1 Å². The molecule has 0 aliphatic rings. The molecule has 238 valence electrons. The molecule has 0 unspecified atom stereocenters. The fourth-order valence-corrected chi connectivity index (χ4v) is 7.24. The standard InChI is InChI=1S/C29H32B5ClF4N2O4S/c30-28(31,32)29(33,34)46(44,45)22-6-2-16(3-7-22)24(15-42)40-26(43)18-4-8-25-19(11-18)13-21(41(25)10-9-36)12-17-1-5-20(35)14-23(17)27(37,38)39/h1-8,11,13-14,24,42H,9-10,12,15,30-34H2,(H,40,43)/t24-/m0/s1. The Morgan fingerprint density at radius 2 is 1.61 bits per heavy atom. The summed E-state index contributed by atoms with van der Waals surface area (Å²) in [5.74, 6) is -0.539. The van der Waals surface area contributed by atoms with Gasteiger partial charge in [-0.1, -0.05) is 29.8 Å². The van der Waals surface area contributed by atoms with E-state index in [9.17, 15) is 35.9 Å². The van der Waals surface area contributed by atoms with Gasteiger partial charge in [0.05, 0.1) is 53.2 Å². The van der Waals surface area contributed by atoms with Crippen molar-refractivity contribution in [2.45, 2.75) is 39.7 Å². The van der Waals surface area contributed by atoms with Crippen molar-refractivity contribution in [2.75, 3.05) is 13.3 Å². The topological polar surface area (TPSA) is 88.4 Å². The molecule has 1 atom stereocenters. The van der Waals surface area contributed by atoms with Crippen LogP contribution in [0.15, 0.2) is 71.6 Å². The van der Waals surface area contributed by atoms with Crippen LogP contribution in [-0.2, 0) is 29.0 Å². The highest BCUT2D eigenvalue weighted by molar-refractivity contribution is 7.95. The van der Waals surface area contributed by atoms with Gasteiger partial charge in [0.2, 0.25) is 0 Å². The average Bonchev–Trinajstić information content (AvgIpc) is 3.31. The molecule has 2 N–H and O–H groups in total. The van der Waals surface area contributed by atoms with E-state index in [2.05, 4.69) is 5.32 Å². The van der Waals surface area contributed by atoms with E-state index in [1.54, 1.807) is 50.6 Å². The molecule has 6 nitrogen and oxygen atoms in total. The number of rotatable bonds is 11. The highest BCUT2D eigenvalue weighted by Gasteiger charge is 2.44. The number of hydrogen-bond acceptors (Lipinski definition) is 4. The number of carbonyl (C=O) groups is 1. The lowest BCUT2D eigenvalue weighted by Crippen LogP contribution is -2.52. The van der Waals surface area contributed by atoms with E-state index in [4.69, 9.17) is 11.6 Å². The third-order valence-electron chi connectivity index (χ3n) is 8.87. The highest BCUT2D eigenvalue weighted by atomic mass is 35.5. The Balaban J connectivity index is 1.60. The first-order chi connectivity index (χ1) is 21.3. The van der Waals surface area contributed by atoms with Gasteiger partial charge in [0.1, 0.15) is 22.4 Å². The zero-order chi connectivity index (χ0) is 34.2. The normalized spacial score (nSPS) is 13.5. The smallest absolute Gasteiger partial charge is 0.394 e. The Bertz CT molecular complexity index is 1860. The Labute approximate surface area is 275 Å². The number of alkyl halides is 4. The van der Waals surface area contributed by atoms with Crippen molar-refractivity contribution in [2.24, 2.45) is 0 Å². The number of sulfone groups is 1. The number of nitrogens with one attached hydrogen (secondary N) is 1. The van der Waals surface area contributed by atoms with Gasteiger partial charge in [0, 0.05) is 38.1 Å². The monoisotopic (exact) mass is 670 g/mol. The predicted molar refractivity (Wildman–Crippen MR) is 186 cm³/mol. The molecule has 0 saturated heterocycles. The van der Waals surface area contributed by atoms with E-state index in [1.165, 1.54) is 30.3 Å². The second-order valence-corrected chi connectivity index (χ2v) is 15.7. The van der Waals surface area contributed by atoms with Gasteiger partial charge in [-0.3, -0.25) is 4.79 Å². The van der Waals surface area contributed by atoms with Crippen LogP contribution in [0.3, 0.4) is 0 Å². The molecule has 4 rings (SSSR count). The summed E-state index contributed by atoms with van der Waals surface area (Å²) in [6.45, 7) is -1.31. The van der Waals surface area contributed by atoms with Gasteiger partial charge >= 0.3 is 6.18 Å². The molecule has 46 heavy (non-hydrogen) atoms. The molecule has 0 aliphatic carbocycles. The fraction of sp³-hybridized carbons (Fsp3) is 0.276. The zero-order valence-corrected chi connectivity index (χ0v) is 27.7. The SMILES string of the molecule is BC(B)(B)C(B)(B)S(=O)(=O)c1ccc([C@H](CO)NC(=O)c2ccc3c(c2)cc(Cc2ccc(Cl)cc2C(F)(F)F)n3CCF)cc1. The van der Waals surface area contributed by atoms with Crippen LogP contribution in [0, 0.1) is 0 Å². The summed E-state index contributed by atoms with van der Waals surface area (Å²) in [6, 6.07) is 15.0. The minimum Gasteiger partial charge on any atom is -0.394 e. The lowest BCUT2D eigenvalue weighted by molar-refractivity contribution is -0.138. The summed E-state index contributed by atoms with van der Waals surface area (Å²) in [6.07, 6.45) is -4.78. The first kappa shape index (κ1) is 35.8. The Hall–Kier alpha value is -3.09. The minimum absolute atomic E-state index is 0.0237. The van der Waals surface area contributed by atoms with Crippen molar-refractivity contribution < 1.29 is 35.9 Å². The molecule has 0 radical (unpaired) electrons. The molecule has 1 heterocycles.